The lowest BCUT2D eigenvalue weighted by Gasteiger charge is -2.18. The van der Waals surface area contributed by atoms with Crippen LogP contribution in [0.3, 0.4) is 0 Å². The van der Waals surface area contributed by atoms with Crippen molar-refractivity contribution < 1.29 is 0 Å². The van der Waals surface area contributed by atoms with E-state index in [9.17, 15) is 0 Å². The molecule has 0 saturated carbocycles. The normalized spacial score (nSPS) is 10.5. The zero-order valence-corrected chi connectivity index (χ0v) is 14.8. The van der Waals surface area contributed by atoms with Gasteiger partial charge < -0.3 is 10.2 Å². The van der Waals surface area contributed by atoms with Crippen LogP contribution in [0.1, 0.15) is 5.69 Å². The molecule has 0 unspecified atom stereocenters. The molecule has 0 atom stereocenters. The van der Waals surface area contributed by atoms with Crippen LogP contribution in [-0.2, 0) is 0 Å². The Balaban J connectivity index is 1.91. The maximum absolute atomic E-state index is 6.22. The lowest BCUT2D eigenvalue weighted by molar-refractivity contribution is 1.02. The van der Waals surface area contributed by atoms with Gasteiger partial charge in [0.05, 0.1) is 10.7 Å². The number of aromatic nitrogens is 2. The third kappa shape index (κ3) is 3.78. The molecule has 4 nitrogen and oxygen atoms in total. The third-order valence-electron chi connectivity index (χ3n) is 3.48. The molecule has 0 radical (unpaired) electrons. The highest BCUT2D eigenvalue weighted by Gasteiger charge is 2.10. The summed E-state index contributed by atoms with van der Waals surface area (Å²) >= 11 is 12.2. The fraction of sp³-hybridized carbons (Fsp3) is 0.111. The Kier molecular flexibility index (Phi) is 4.88. The molecule has 6 heteroatoms. The van der Waals surface area contributed by atoms with E-state index in [1.54, 1.807) is 12.1 Å². The van der Waals surface area contributed by atoms with Crippen LogP contribution in [-0.4, -0.2) is 17.0 Å². The van der Waals surface area contributed by atoms with Crippen molar-refractivity contribution in [2.75, 3.05) is 17.3 Å². The number of halogens is 2. The van der Waals surface area contributed by atoms with E-state index in [2.05, 4.69) is 15.3 Å². The number of hydrogen-bond acceptors (Lipinski definition) is 4. The highest BCUT2D eigenvalue weighted by atomic mass is 35.5. The number of benzene rings is 2. The molecule has 0 aliphatic rings. The van der Waals surface area contributed by atoms with Crippen molar-refractivity contribution in [2.45, 2.75) is 6.92 Å². The van der Waals surface area contributed by atoms with E-state index in [-0.39, 0.29) is 0 Å². The molecule has 3 aromatic rings. The Morgan fingerprint density at radius 3 is 2.42 bits per heavy atom. The molecule has 2 aromatic carbocycles. The summed E-state index contributed by atoms with van der Waals surface area (Å²) in [6, 6.07) is 17.1. The minimum atomic E-state index is 0.539. The second kappa shape index (κ2) is 7.07. The number of rotatable bonds is 4. The monoisotopic (exact) mass is 358 g/mol. The molecule has 3 rings (SSSR count). The molecule has 0 fully saturated rings. The summed E-state index contributed by atoms with van der Waals surface area (Å²) in [5.41, 5.74) is 2.61. The Labute approximate surface area is 151 Å². The van der Waals surface area contributed by atoms with E-state index in [1.807, 2.05) is 61.3 Å². The van der Waals surface area contributed by atoms with Crippen LogP contribution in [0.5, 0.6) is 0 Å². The first-order chi connectivity index (χ1) is 11.5. The van der Waals surface area contributed by atoms with Crippen molar-refractivity contribution in [1.29, 1.82) is 0 Å². The third-order valence-corrected chi connectivity index (χ3v) is 4.03. The summed E-state index contributed by atoms with van der Waals surface area (Å²) in [6.45, 7) is 1.93. The van der Waals surface area contributed by atoms with Gasteiger partial charge in [0.1, 0.15) is 5.82 Å². The van der Waals surface area contributed by atoms with Crippen molar-refractivity contribution in [3.8, 4) is 0 Å². The van der Waals surface area contributed by atoms with Crippen LogP contribution in [0.2, 0.25) is 10.0 Å². The number of nitrogens with zero attached hydrogens (tertiary/aromatic N) is 3. The van der Waals surface area contributed by atoms with Crippen LogP contribution in [0.4, 0.5) is 23.1 Å². The van der Waals surface area contributed by atoms with Gasteiger partial charge in [0.2, 0.25) is 5.95 Å². The predicted octanol–water partition coefficient (Wildman–Crippen LogP) is 5.60. The van der Waals surface area contributed by atoms with Crippen LogP contribution in [0, 0.1) is 6.92 Å². The minimum absolute atomic E-state index is 0.539. The molecule has 0 amide bonds. The van der Waals surface area contributed by atoms with E-state index in [0.29, 0.717) is 21.8 Å². The first-order valence-electron chi connectivity index (χ1n) is 7.39. The quantitative estimate of drug-likeness (QED) is 0.658. The summed E-state index contributed by atoms with van der Waals surface area (Å²) in [4.78, 5) is 11.0. The second-order valence-corrected chi connectivity index (χ2v) is 6.18. The van der Waals surface area contributed by atoms with Gasteiger partial charge in [0.25, 0.3) is 0 Å². The molecule has 0 aliphatic heterocycles. The van der Waals surface area contributed by atoms with Crippen molar-refractivity contribution in [2.24, 2.45) is 0 Å². The Bertz CT molecular complexity index is 853. The fourth-order valence-electron chi connectivity index (χ4n) is 2.26. The standard InChI is InChI=1S/C18H16Cl2N4/c1-12-10-17(22-16-9-8-13(19)11-15(16)20)23-18(21-12)24(2)14-6-4-3-5-7-14/h3-11H,1-2H3,(H,21,22,23). The molecular formula is C18H16Cl2N4. The Hall–Kier alpha value is -2.30. The van der Waals surface area contributed by atoms with Gasteiger partial charge in [0.15, 0.2) is 0 Å². The highest BCUT2D eigenvalue weighted by molar-refractivity contribution is 6.36. The van der Waals surface area contributed by atoms with Gasteiger partial charge in [-0.2, -0.15) is 4.98 Å². The summed E-state index contributed by atoms with van der Waals surface area (Å²) in [5, 5.41) is 4.35. The Morgan fingerprint density at radius 1 is 0.958 bits per heavy atom. The number of anilines is 4. The number of aryl methyl sites for hydroxylation is 1. The molecular weight excluding hydrogens is 343 g/mol. The topological polar surface area (TPSA) is 41.1 Å². The first kappa shape index (κ1) is 16.6. The SMILES string of the molecule is Cc1cc(Nc2ccc(Cl)cc2Cl)nc(N(C)c2ccccc2)n1. The maximum atomic E-state index is 6.22. The smallest absolute Gasteiger partial charge is 0.231 e. The van der Waals surface area contributed by atoms with Crippen LogP contribution < -0.4 is 10.2 Å². The number of para-hydroxylation sites is 1. The van der Waals surface area contributed by atoms with Crippen LogP contribution >= 0.6 is 23.2 Å². The number of nitrogens with one attached hydrogen (secondary N) is 1. The van der Waals surface area contributed by atoms with Gasteiger partial charge >= 0.3 is 0 Å². The molecule has 1 aromatic heterocycles. The van der Waals surface area contributed by atoms with Crippen molar-refractivity contribution in [3.63, 3.8) is 0 Å². The average Bonchev–Trinajstić information content (AvgIpc) is 2.57. The summed E-state index contributed by atoms with van der Waals surface area (Å²) in [7, 11) is 1.93. The van der Waals surface area contributed by atoms with Crippen molar-refractivity contribution >= 4 is 46.3 Å². The van der Waals surface area contributed by atoms with E-state index < -0.39 is 0 Å². The van der Waals surface area contributed by atoms with Crippen LogP contribution in [0.15, 0.2) is 54.6 Å². The molecule has 1 heterocycles. The average molecular weight is 359 g/mol. The second-order valence-electron chi connectivity index (χ2n) is 5.34. The van der Waals surface area contributed by atoms with E-state index in [4.69, 9.17) is 23.2 Å². The fourth-order valence-corrected chi connectivity index (χ4v) is 2.72. The lowest BCUT2D eigenvalue weighted by Crippen LogP contribution is -2.14. The van der Waals surface area contributed by atoms with Crippen LogP contribution in [0.25, 0.3) is 0 Å². The van der Waals surface area contributed by atoms with Gasteiger partial charge in [-0.05, 0) is 37.3 Å². The van der Waals surface area contributed by atoms with E-state index in [1.165, 1.54) is 0 Å². The molecule has 0 bridgehead atoms. The van der Waals surface area contributed by atoms with E-state index >= 15 is 0 Å². The minimum Gasteiger partial charge on any atom is -0.339 e. The van der Waals surface area contributed by atoms with Crippen molar-refractivity contribution in [3.05, 3.63) is 70.3 Å². The van der Waals surface area contributed by atoms with Gasteiger partial charge in [0, 0.05) is 29.5 Å². The molecule has 122 valence electrons. The van der Waals surface area contributed by atoms with E-state index in [0.717, 1.165) is 17.1 Å². The molecule has 0 aliphatic carbocycles. The Morgan fingerprint density at radius 2 is 1.71 bits per heavy atom. The largest absolute Gasteiger partial charge is 0.339 e. The zero-order valence-electron chi connectivity index (χ0n) is 13.3. The van der Waals surface area contributed by atoms with Crippen molar-refractivity contribution in [1.82, 2.24) is 9.97 Å². The molecule has 24 heavy (non-hydrogen) atoms. The van der Waals surface area contributed by atoms with Gasteiger partial charge in [-0.1, -0.05) is 41.4 Å². The summed E-state index contributed by atoms with van der Waals surface area (Å²) < 4.78 is 0. The lowest BCUT2D eigenvalue weighted by atomic mass is 10.3. The summed E-state index contributed by atoms with van der Waals surface area (Å²) in [6.07, 6.45) is 0. The molecule has 1 N–H and O–H groups in total. The number of hydrogen-bond donors (Lipinski definition) is 1. The van der Waals surface area contributed by atoms with Gasteiger partial charge in [-0.25, -0.2) is 4.98 Å². The van der Waals surface area contributed by atoms with Gasteiger partial charge in [-0.3, -0.25) is 0 Å². The maximum Gasteiger partial charge on any atom is 0.231 e. The van der Waals surface area contributed by atoms with Gasteiger partial charge in [-0.15, -0.1) is 0 Å². The zero-order chi connectivity index (χ0) is 17.1. The highest BCUT2D eigenvalue weighted by Crippen LogP contribution is 2.29. The summed E-state index contributed by atoms with van der Waals surface area (Å²) in [5.74, 6) is 1.28. The first-order valence-corrected chi connectivity index (χ1v) is 8.15. The predicted molar refractivity (Wildman–Crippen MR) is 101 cm³/mol. The molecule has 0 saturated heterocycles. The molecule has 0 spiro atoms.